The van der Waals surface area contributed by atoms with Crippen molar-refractivity contribution in [1.29, 1.82) is 0 Å². The maximum atomic E-state index is 11.9. The van der Waals surface area contributed by atoms with E-state index in [0.717, 1.165) is 12.8 Å². The summed E-state index contributed by atoms with van der Waals surface area (Å²) in [6.45, 7) is 8.26. The van der Waals surface area contributed by atoms with E-state index in [9.17, 15) is 9.90 Å². The van der Waals surface area contributed by atoms with Gasteiger partial charge in [0.05, 0.1) is 0 Å². The van der Waals surface area contributed by atoms with Gasteiger partial charge in [0.1, 0.15) is 5.60 Å². The van der Waals surface area contributed by atoms with Crippen LogP contribution in [0, 0.1) is 5.92 Å². The van der Waals surface area contributed by atoms with Crippen LogP contribution in [0.4, 0.5) is 0 Å². The number of carbonyl (C=O) groups is 1. The molecule has 0 heterocycles. The van der Waals surface area contributed by atoms with Gasteiger partial charge in [-0.05, 0) is 44.9 Å². The van der Waals surface area contributed by atoms with Gasteiger partial charge in [-0.25, -0.2) is 0 Å². The van der Waals surface area contributed by atoms with Crippen molar-refractivity contribution < 1.29 is 9.90 Å². The molecule has 1 amide bonds. The fourth-order valence-corrected chi connectivity index (χ4v) is 3.02. The molecule has 0 radical (unpaired) electrons. The van der Waals surface area contributed by atoms with Gasteiger partial charge >= 0.3 is 0 Å². The normalized spacial score (nSPS) is 14.0. The van der Waals surface area contributed by atoms with Crippen molar-refractivity contribution in [2.24, 2.45) is 5.92 Å². The Morgan fingerprint density at radius 1 is 0.852 bits per heavy atom. The highest BCUT2D eigenvalue weighted by Gasteiger charge is 2.33. The van der Waals surface area contributed by atoms with Crippen molar-refractivity contribution in [3.8, 4) is 0 Å². The van der Waals surface area contributed by atoms with E-state index in [-0.39, 0.29) is 11.8 Å². The van der Waals surface area contributed by atoms with E-state index in [4.69, 9.17) is 0 Å². The monoisotopic (exact) mass is 381 g/mol. The largest absolute Gasteiger partial charge is 0.380 e. The van der Waals surface area contributed by atoms with Gasteiger partial charge in [-0.2, -0.15) is 0 Å². The van der Waals surface area contributed by atoms with Crippen molar-refractivity contribution in [2.75, 3.05) is 6.54 Å². The number of aliphatic hydroxyl groups is 1. The molecule has 2 N–H and O–H groups in total. The standard InChI is InChI=1S/C24H47NO2/c1-5-6-7-8-9-10-11-12-13-14-15-16-17-18-19-20-21-25-23(26)24(4,27)22(2)3/h12-13,22,27H,5-11,14-21H2,1-4H3,(H,25,26)/b13-12-/t24-/m1/s1. The highest BCUT2D eigenvalue weighted by atomic mass is 16.3. The average Bonchev–Trinajstić information content (AvgIpc) is 2.63. The summed E-state index contributed by atoms with van der Waals surface area (Å²) in [6.07, 6.45) is 22.7. The first-order valence-electron chi connectivity index (χ1n) is 11.6. The van der Waals surface area contributed by atoms with E-state index in [2.05, 4.69) is 24.4 Å². The summed E-state index contributed by atoms with van der Waals surface area (Å²) in [6, 6.07) is 0. The first kappa shape index (κ1) is 26.2. The Balaban J connectivity index is 3.34. The zero-order valence-corrected chi connectivity index (χ0v) is 18.7. The molecule has 0 aromatic rings. The SMILES string of the molecule is CCCCCCCC/C=C\CCCCCCCCNC(=O)[C@](C)(O)C(C)C. The molecule has 0 aliphatic heterocycles. The Kier molecular flexibility index (Phi) is 16.7. The van der Waals surface area contributed by atoms with E-state index >= 15 is 0 Å². The van der Waals surface area contributed by atoms with Crippen LogP contribution in [-0.4, -0.2) is 23.2 Å². The maximum Gasteiger partial charge on any atom is 0.251 e. The summed E-state index contributed by atoms with van der Waals surface area (Å²) in [7, 11) is 0. The Hall–Kier alpha value is -0.830. The zero-order valence-electron chi connectivity index (χ0n) is 18.7. The number of unbranched alkanes of at least 4 members (excludes halogenated alkanes) is 12. The number of allylic oxidation sites excluding steroid dienone is 2. The van der Waals surface area contributed by atoms with E-state index in [1.807, 2.05) is 13.8 Å². The predicted molar refractivity (Wildman–Crippen MR) is 118 cm³/mol. The third-order valence-corrected chi connectivity index (χ3v) is 5.56. The molecule has 0 aromatic heterocycles. The number of hydrogen-bond acceptors (Lipinski definition) is 2. The van der Waals surface area contributed by atoms with Crippen LogP contribution in [0.25, 0.3) is 0 Å². The van der Waals surface area contributed by atoms with E-state index < -0.39 is 5.60 Å². The summed E-state index contributed by atoms with van der Waals surface area (Å²) in [5, 5.41) is 12.9. The van der Waals surface area contributed by atoms with Crippen LogP contribution in [0.15, 0.2) is 12.2 Å². The number of nitrogens with one attached hydrogen (secondary N) is 1. The third kappa shape index (κ3) is 14.8. The topological polar surface area (TPSA) is 49.3 Å². The molecular weight excluding hydrogens is 334 g/mol. The van der Waals surface area contributed by atoms with Gasteiger partial charge in [0, 0.05) is 6.54 Å². The lowest BCUT2D eigenvalue weighted by Crippen LogP contribution is -2.48. The van der Waals surface area contributed by atoms with Crippen molar-refractivity contribution >= 4 is 5.91 Å². The van der Waals surface area contributed by atoms with Gasteiger partial charge in [0.2, 0.25) is 0 Å². The molecule has 3 nitrogen and oxygen atoms in total. The molecule has 0 spiro atoms. The average molecular weight is 382 g/mol. The minimum atomic E-state index is -1.26. The molecule has 1 atom stereocenters. The Labute approximate surface area is 169 Å². The van der Waals surface area contributed by atoms with Crippen molar-refractivity contribution in [3.05, 3.63) is 12.2 Å². The quantitative estimate of drug-likeness (QED) is 0.209. The lowest BCUT2D eigenvalue weighted by atomic mass is 9.91. The zero-order chi connectivity index (χ0) is 20.4. The van der Waals surface area contributed by atoms with Gasteiger partial charge in [-0.3, -0.25) is 4.79 Å². The summed E-state index contributed by atoms with van der Waals surface area (Å²) in [4.78, 5) is 11.9. The minimum absolute atomic E-state index is 0.0719. The molecule has 0 aliphatic rings. The summed E-state index contributed by atoms with van der Waals surface area (Å²) in [5.74, 6) is -0.317. The maximum absolute atomic E-state index is 11.9. The van der Waals surface area contributed by atoms with Crippen molar-refractivity contribution in [3.63, 3.8) is 0 Å². The lowest BCUT2D eigenvalue weighted by molar-refractivity contribution is -0.142. The molecule has 0 fully saturated rings. The minimum Gasteiger partial charge on any atom is -0.380 e. The Bertz CT molecular complexity index is 375. The number of amides is 1. The van der Waals surface area contributed by atoms with Crippen LogP contribution >= 0.6 is 0 Å². The molecule has 0 rings (SSSR count). The summed E-state index contributed by atoms with van der Waals surface area (Å²) < 4.78 is 0. The van der Waals surface area contributed by atoms with Gasteiger partial charge in [0.15, 0.2) is 0 Å². The molecule has 0 aliphatic carbocycles. The van der Waals surface area contributed by atoms with Gasteiger partial charge in [-0.15, -0.1) is 0 Å². The second-order valence-corrected chi connectivity index (χ2v) is 8.50. The molecule has 0 aromatic carbocycles. The van der Waals surface area contributed by atoms with Gasteiger partial charge < -0.3 is 10.4 Å². The second-order valence-electron chi connectivity index (χ2n) is 8.50. The lowest BCUT2D eigenvalue weighted by Gasteiger charge is -2.26. The van der Waals surface area contributed by atoms with Gasteiger partial charge in [0.25, 0.3) is 5.91 Å². The molecule has 0 bridgehead atoms. The number of rotatable bonds is 18. The van der Waals surface area contributed by atoms with Crippen molar-refractivity contribution in [2.45, 2.75) is 123 Å². The first-order chi connectivity index (χ1) is 12.9. The van der Waals surface area contributed by atoms with E-state index in [1.165, 1.54) is 77.0 Å². The van der Waals surface area contributed by atoms with Crippen LogP contribution in [0.3, 0.4) is 0 Å². The molecule has 27 heavy (non-hydrogen) atoms. The van der Waals surface area contributed by atoms with Crippen LogP contribution in [0.1, 0.15) is 118 Å². The Morgan fingerprint density at radius 3 is 1.78 bits per heavy atom. The van der Waals surface area contributed by atoms with Crippen LogP contribution < -0.4 is 5.32 Å². The summed E-state index contributed by atoms with van der Waals surface area (Å²) >= 11 is 0. The van der Waals surface area contributed by atoms with E-state index in [0.29, 0.717) is 6.54 Å². The van der Waals surface area contributed by atoms with Crippen LogP contribution in [0.5, 0.6) is 0 Å². The van der Waals surface area contributed by atoms with E-state index in [1.54, 1.807) is 6.92 Å². The van der Waals surface area contributed by atoms with Crippen LogP contribution in [0.2, 0.25) is 0 Å². The smallest absolute Gasteiger partial charge is 0.251 e. The first-order valence-corrected chi connectivity index (χ1v) is 11.6. The molecule has 0 saturated heterocycles. The van der Waals surface area contributed by atoms with Crippen molar-refractivity contribution in [1.82, 2.24) is 5.32 Å². The molecule has 0 saturated carbocycles. The van der Waals surface area contributed by atoms with Crippen LogP contribution in [-0.2, 0) is 4.79 Å². The fraction of sp³-hybridized carbons (Fsp3) is 0.875. The predicted octanol–water partition coefficient (Wildman–Crippen LogP) is 6.55. The van der Waals surface area contributed by atoms with Gasteiger partial charge in [-0.1, -0.05) is 90.7 Å². The summed E-state index contributed by atoms with van der Waals surface area (Å²) in [5.41, 5.74) is -1.26. The number of carbonyl (C=O) groups excluding carboxylic acids is 1. The molecule has 160 valence electrons. The fourth-order valence-electron chi connectivity index (χ4n) is 3.02. The molecule has 0 unspecified atom stereocenters. The molecule has 3 heteroatoms. The Morgan fingerprint density at radius 2 is 1.30 bits per heavy atom. The highest BCUT2D eigenvalue weighted by Crippen LogP contribution is 2.16. The third-order valence-electron chi connectivity index (χ3n) is 5.56. The number of hydrogen-bond donors (Lipinski definition) is 2. The second kappa shape index (κ2) is 17.3. The highest BCUT2D eigenvalue weighted by molar-refractivity contribution is 5.84. The molecular formula is C24H47NO2.